The molecule has 0 saturated carbocycles. The van der Waals surface area contributed by atoms with Crippen molar-refractivity contribution in [2.45, 2.75) is 27.7 Å². The molecule has 0 spiro atoms. The lowest BCUT2D eigenvalue weighted by Crippen LogP contribution is -1.82. The molecule has 1 aromatic rings. The Hall–Kier alpha value is -1.56. The van der Waals surface area contributed by atoms with Gasteiger partial charge in [-0.3, -0.25) is 0 Å². The summed E-state index contributed by atoms with van der Waals surface area (Å²) in [5.41, 5.74) is 5.14. The topological polar surface area (TPSA) is 0 Å². The van der Waals surface area contributed by atoms with E-state index >= 15 is 0 Å². The average Bonchev–Trinajstić information content (AvgIpc) is 2.24. The molecule has 0 saturated heterocycles. The molecule has 0 N–H and O–H groups in total. The first-order valence-electron chi connectivity index (χ1n) is 5.68. The summed E-state index contributed by atoms with van der Waals surface area (Å²) in [7, 11) is 0. The van der Waals surface area contributed by atoms with Crippen LogP contribution in [0.4, 0.5) is 0 Å². The molecule has 0 atom stereocenters. The van der Waals surface area contributed by atoms with E-state index in [4.69, 9.17) is 0 Å². The second-order valence-corrected chi connectivity index (χ2v) is 4.24. The predicted octanol–water partition coefficient (Wildman–Crippen LogP) is 4.92. The third kappa shape index (κ3) is 3.90. The van der Waals surface area contributed by atoms with E-state index in [0.717, 1.165) is 0 Å². The van der Waals surface area contributed by atoms with Gasteiger partial charge in [-0.15, -0.1) is 0 Å². The van der Waals surface area contributed by atoms with E-state index < -0.39 is 0 Å². The average molecular weight is 212 g/mol. The molecule has 0 aliphatic heterocycles. The van der Waals surface area contributed by atoms with Crippen molar-refractivity contribution in [1.29, 1.82) is 0 Å². The van der Waals surface area contributed by atoms with Crippen LogP contribution >= 0.6 is 0 Å². The molecule has 0 unspecified atom stereocenters. The molecule has 0 aliphatic carbocycles. The molecule has 0 heteroatoms. The van der Waals surface area contributed by atoms with Crippen LogP contribution in [0.15, 0.2) is 54.1 Å². The molecule has 0 fully saturated rings. The fraction of sp³-hybridized carbons (Fsp3) is 0.250. The number of rotatable bonds is 3. The van der Waals surface area contributed by atoms with Gasteiger partial charge in [0, 0.05) is 0 Å². The predicted molar refractivity (Wildman–Crippen MR) is 73.4 cm³/mol. The van der Waals surface area contributed by atoms with E-state index in [-0.39, 0.29) is 0 Å². The van der Waals surface area contributed by atoms with Crippen molar-refractivity contribution in [2.24, 2.45) is 0 Å². The highest BCUT2D eigenvalue weighted by atomic mass is 14.0. The highest BCUT2D eigenvalue weighted by Gasteiger charge is 1.96. The summed E-state index contributed by atoms with van der Waals surface area (Å²) in [5.74, 6) is 0. The van der Waals surface area contributed by atoms with Gasteiger partial charge in [-0.05, 0) is 38.8 Å². The number of allylic oxidation sites excluding steroid dienone is 6. The number of hydrogen-bond acceptors (Lipinski definition) is 0. The fourth-order valence-electron chi connectivity index (χ4n) is 1.51. The Morgan fingerprint density at radius 2 is 1.88 bits per heavy atom. The van der Waals surface area contributed by atoms with E-state index in [1.54, 1.807) is 0 Å². The van der Waals surface area contributed by atoms with Crippen LogP contribution in [-0.4, -0.2) is 0 Å². The maximum absolute atomic E-state index is 2.21. The normalized spacial score (nSPS) is 11.9. The Morgan fingerprint density at radius 1 is 1.12 bits per heavy atom. The minimum Gasteiger partial charge on any atom is -0.0870 e. The van der Waals surface area contributed by atoms with Gasteiger partial charge in [0.1, 0.15) is 0 Å². The van der Waals surface area contributed by atoms with Crippen LogP contribution in [0.3, 0.4) is 0 Å². The van der Waals surface area contributed by atoms with Crippen molar-refractivity contribution >= 4 is 5.57 Å². The molecule has 0 aliphatic rings. The van der Waals surface area contributed by atoms with Crippen molar-refractivity contribution < 1.29 is 0 Å². The Morgan fingerprint density at radius 3 is 2.44 bits per heavy atom. The lowest BCUT2D eigenvalue weighted by atomic mass is 10.0. The summed E-state index contributed by atoms with van der Waals surface area (Å²) in [5, 5.41) is 0. The molecule has 0 nitrogen and oxygen atoms in total. The maximum Gasteiger partial charge on any atom is -0.0182 e. The molecule has 84 valence electrons. The van der Waals surface area contributed by atoms with Crippen molar-refractivity contribution in [3.05, 3.63) is 65.3 Å². The smallest absolute Gasteiger partial charge is 0.0182 e. The van der Waals surface area contributed by atoms with E-state index in [2.05, 4.69) is 69.3 Å². The summed E-state index contributed by atoms with van der Waals surface area (Å²) in [6.45, 7) is 8.39. The molecule has 0 radical (unpaired) electrons. The lowest BCUT2D eigenvalue weighted by Gasteiger charge is -2.03. The fourth-order valence-corrected chi connectivity index (χ4v) is 1.51. The van der Waals surface area contributed by atoms with Gasteiger partial charge >= 0.3 is 0 Å². The van der Waals surface area contributed by atoms with E-state index in [0.29, 0.717) is 0 Å². The second kappa shape index (κ2) is 6.12. The third-order valence-electron chi connectivity index (χ3n) is 2.29. The zero-order chi connectivity index (χ0) is 12.0. The SMILES string of the molecule is C/C=C/C(=C\C=C(C)C)c1cccc(C)c1. The lowest BCUT2D eigenvalue weighted by molar-refractivity contribution is 1.39. The van der Waals surface area contributed by atoms with Crippen molar-refractivity contribution in [3.63, 3.8) is 0 Å². The largest absolute Gasteiger partial charge is 0.0870 e. The van der Waals surface area contributed by atoms with Gasteiger partial charge < -0.3 is 0 Å². The standard InChI is InChI=1S/C16H20/c1-5-7-15(11-10-13(2)3)16-9-6-8-14(4)12-16/h5-12H,1-4H3/b7-5+,15-11+. The van der Waals surface area contributed by atoms with Crippen molar-refractivity contribution in [3.8, 4) is 0 Å². The first-order valence-corrected chi connectivity index (χ1v) is 5.68. The molecule has 1 rings (SSSR count). The summed E-state index contributed by atoms with van der Waals surface area (Å²) >= 11 is 0. The summed E-state index contributed by atoms with van der Waals surface area (Å²) in [4.78, 5) is 0. The van der Waals surface area contributed by atoms with Crippen LogP contribution in [0.5, 0.6) is 0 Å². The molecular weight excluding hydrogens is 192 g/mol. The minimum atomic E-state index is 1.26. The zero-order valence-corrected chi connectivity index (χ0v) is 10.6. The first kappa shape index (κ1) is 12.5. The van der Waals surface area contributed by atoms with Gasteiger partial charge in [0.05, 0.1) is 0 Å². The van der Waals surface area contributed by atoms with Crippen LogP contribution < -0.4 is 0 Å². The van der Waals surface area contributed by atoms with Crippen LogP contribution in [0.2, 0.25) is 0 Å². The minimum absolute atomic E-state index is 1.26. The summed E-state index contributed by atoms with van der Waals surface area (Å²) < 4.78 is 0. The van der Waals surface area contributed by atoms with E-state index in [1.165, 1.54) is 22.3 Å². The summed E-state index contributed by atoms with van der Waals surface area (Å²) in [6.07, 6.45) is 8.54. The maximum atomic E-state index is 2.21. The van der Waals surface area contributed by atoms with Gasteiger partial charge in [0.25, 0.3) is 0 Å². The van der Waals surface area contributed by atoms with Crippen LogP contribution in [0.1, 0.15) is 31.9 Å². The Labute approximate surface area is 99.0 Å². The van der Waals surface area contributed by atoms with Crippen molar-refractivity contribution in [2.75, 3.05) is 0 Å². The van der Waals surface area contributed by atoms with Crippen LogP contribution in [0, 0.1) is 6.92 Å². The molecule has 1 aromatic carbocycles. The van der Waals surface area contributed by atoms with E-state index in [1.807, 2.05) is 6.92 Å². The number of aryl methyl sites for hydroxylation is 1. The van der Waals surface area contributed by atoms with Crippen molar-refractivity contribution in [1.82, 2.24) is 0 Å². The molecule has 0 aromatic heterocycles. The monoisotopic (exact) mass is 212 g/mol. The number of benzene rings is 1. The quantitative estimate of drug-likeness (QED) is 0.624. The van der Waals surface area contributed by atoms with Gasteiger partial charge in [-0.2, -0.15) is 0 Å². The zero-order valence-electron chi connectivity index (χ0n) is 10.6. The van der Waals surface area contributed by atoms with Gasteiger partial charge in [-0.25, -0.2) is 0 Å². The highest BCUT2D eigenvalue weighted by Crippen LogP contribution is 2.17. The molecule has 0 heterocycles. The van der Waals surface area contributed by atoms with Gasteiger partial charge in [-0.1, -0.05) is 59.7 Å². The highest BCUT2D eigenvalue weighted by molar-refractivity contribution is 5.75. The molecule has 16 heavy (non-hydrogen) atoms. The van der Waals surface area contributed by atoms with Gasteiger partial charge in [0.2, 0.25) is 0 Å². The second-order valence-electron chi connectivity index (χ2n) is 4.24. The van der Waals surface area contributed by atoms with Crippen LogP contribution in [0.25, 0.3) is 5.57 Å². The third-order valence-corrected chi connectivity index (χ3v) is 2.29. The number of hydrogen-bond donors (Lipinski definition) is 0. The first-order chi connectivity index (χ1) is 7.63. The van der Waals surface area contributed by atoms with E-state index in [9.17, 15) is 0 Å². The Bertz CT molecular complexity index is 427. The Balaban J connectivity index is 3.12. The molecular formula is C16H20. The molecule has 0 amide bonds. The summed E-state index contributed by atoms with van der Waals surface area (Å²) in [6, 6.07) is 8.59. The van der Waals surface area contributed by atoms with Crippen LogP contribution in [-0.2, 0) is 0 Å². The Kier molecular flexibility index (Phi) is 4.78. The van der Waals surface area contributed by atoms with Gasteiger partial charge in [0.15, 0.2) is 0 Å². The molecule has 0 bridgehead atoms.